The van der Waals surface area contributed by atoms with Gasteiger partial charge in [0.15, 0.2) is 0 Å². The molecule has 0 spiro atoms. The number of rotatable bonds is 5. The number of fused-ring (bicyclic) bond motifs is 1. The lowest BCUT2D eigenvalue weighted by Crippen LogP contribution is -2.48. The van der Waals surface area contributed by atoms with E-state index in [9.17, 15) is 13.2 Å². The van der Waals surface area contributed by atoms with E-state index in [1.807, 2.05) is 19.1 Å². The number of benzene rings is 2. The quantitative estimate of drug-likeness (QED) is 0.549. The molecular weight excluding hydrogens is 498 g/mol. The second kappa shape index (κ2) is 9.03. The number of esters is 1. The second-order valence-electron chi connectivity index (χ2n) is 8.29. The summed E-state index contributed by atoms with van der Waals surface area (Å²) < 4.78 is 46.3. The van der Waals surface area contributed by atoms with E-state index in [4.69, 9.17) is 14.2 Å². The lowest BCUT2D eigenvalue weighted by atomic mass is 9.75. The number of carbonyl (C=O) groups excluding carboxylic acids is 1. The second-order valence-corrected chi connectivity index (χ2v) is 11.1. The number of anilines is 1. The summed E-state index contributed by atoms with van der Waals surface area (Å²) in [6, 6.07) is 12.1. The Morgan fingerprint density at radius 3 is 2.66 bits per heavy atom. The predicted molar refractivity (Wildman–Crippen MR) is 123 cm³/mol. The van der Waals surface area contributed by atoms with Crippen molar-refractivity contribution in [1.82, 2.24) is 0 Å². The highest BCUT2D eigenvalue weighted by molar-refractivity contribution is 9.10. The average Bonchev–Trinajstić information content (AvgIpc) is 2.78. The molecule has 2 heterocycles. The van der Waals surface area contributed by atoms with Gasteiger partial charge in [0, 0.05) is 24.1 Å². The number of ether oxygens (including phenoxy) is 3. The molecule has 0 aromatic heterocycles. The average molecular weight is 524 g/mol. The third-order valence-electron chi connectivity index (χ3n) is 6.12. The van der Waals surface area contributed by atoms with Gasteiger partial charge in [-0.3, -0.25) is 9.10 Å². The smallest absolute Gasteiger partial charge is 0.312 e. The molecule has 172 valence electrons. The number of halogens is 1. The molecule has 2 aromatic rings. The van der Waals surface area contributed by atoms with Crippen LogP contribution in [-0.2, 0) is 24.3 Å². The molecule has 1 saturated heterocycles. The highest BCUT2D eigenvalue weighted by atomic mass is 79.9. The van der Waals surface area contributed by atoms with Crippen molar-refractivity contribution in [2.45, 2.75) is 37.2 Å². The molecule has 0 radical (unpaired) electrons. The van der Waals surface area contributed by atoms with E-state index < -0.39 is 21.5 Å². The van der Waals surface area contributed by atoms with E-state index in [1.165, 1.54) is 11.4 Å². The minimum atomic E-state index is -3.84. The van der Waals surface area contributed by atoms with Crippen LogP contribution in [0.1, 0.15) is 24.8 Å². The van der Waals surface area contributed by atoms with Crippen LogP contribution in [0.15, 0.2) is 51.8 Å². The van der Waals surface area contributed by atoms with E-state index in [1.54, 1.807) is 30.3 Å². The van der Waals surface area contributed by atoms with Gasteiger partial charge in [0.2, 0.25) is 0 Å². The molecule has 2 aliphatic rings. The summed E-state index contributed by atoms with van der Waals surface area (Å²) in [6.07, 6.45) is 0.855. The van der Waals surface area contributed by atoms with E-state index in [-0.39, 0.29) is 17.4 Å². The number of carbonyl (C=O) groups is 1. The molecule has 0 N–H and O–H groups in total. The van der Waals surface area contributed by atoms with E-state index in [0.717, 1.165) is 10.0 Å². The van der Waals surface area contributed by atoms with Gasteiger partial charge in [-0.2, -0.15) is 0 Å². The van der Waals surface area contributed by atoms with Crippen LogP contribution in [0.25, 0.3) is 0 Å². The number of nitrogens with zero attached hydrogens (tertiary/aromatic N) is 1. The van der Waals surface area contributed by atoms with Gasteiger partial charge < -0.3 is 14.2 Å². The van der Waals surface area contributed by atoms with Gasteiger partial charge in [0.05, 0.1) is 29.7 Å². The monoisotopic (exact) mass is 523 g/mol. The minimum absolute atomic E-state index is 0.0966. The molecule has 0 unspecified atom stereocenters. The summed E-state index contributed by atoms with van der Waals surface area (Å²) in [5, 5.41) is 0. The van der Waals surface area contributed by atoms with Gasteiger partial charge in [0.1, 0.15) is 11.9 Å². The number of aryl methyl sites for hydroxylation is 1. The lowest BCUT2D eigenvalue weighted by molar-refractivity contribution is -0.161. The third kappa shape index (κ3) is 4.38. The minimum Gasteiger partial charge on any atom is -0.486 e. The maximum atomic E-state index is 13.7. The van der Waals surface area contributed by atoms with Crippen molar-refractivity contribution < 1.29 is 27.4 Å². The van der Waals surface area contributed by atoms with Crippen molar-refractivity contribution in [2.24, 2.45) is 5.41 Å². The van der Waals surface area contributed by atoms with Crippen molar-refractivity contribution in [1.29, 1.82) is 0 Å². The Balaban J connectivity index is 1.72. The van der Waals surface area contributed by atoms with Gasteiger partial charge >= 0.3 is 5.97 Å². The van der Waals surface area contributed by atoms with Gasteiger partial charge in [-0.15, -0.1) is 0 Å². The Labute approximate surface area is 196 Å². The summed E-state index contributed by atoms with van der Waals surface area (Å²) >= 11 is 3.43. The maximum Gasteiger partial charge on any atom is 0.312 e. The SMILES string of the molecule is COC(=O)C1(C[C@H]2CN(S(=O)(=O)c3cccc(C)c3)c3cc(Br)ccc3O2)CCOCC1. The molecule has 1 fully saturated rings. The topological polar surface area (TPSA) is 82.1 Å². The number of sulfonamides is 1. The highest BCUT2D eigenvalue weighted by Crippen LogP contribution is 2.43. The van der Waals surface area contributed by atoms with Crippen LogP contribution in [-0.4, -0.2) is 47.4 Å². The van der Waals surface area contributed by atoms with Crippen LogP contribution >= 0.6 is 15.9 Å². The zero-order valence-corrected chi connectivity index (χ0v) is 20.4. The van der Waals surface area contributed by atoms with E-state index in [2.05, 4.69) is 15.9 Å². The van der Waals surface area contributed by atoms with Crippen LogP contribution in [0.5, 0.6) is 5.75 Å². The Kier molecular flexibility index (Phi) is 6.51. The molecule has 0 aliphatic carbocycles. The fraction of sp³-hybridized carbons (Fsp3) is 0.435. The van der Waals surface area contributed by atoms with Crippen molar-refractivity contribution in [3.05, 3.63) is 52.5 Å². The van der Waals surface area contributed by atoms with Crippen LogP contribution in [0, 0.1) is 12.3 Å². The standard InChI is InChI=1S/C23H26BrNO6S/c1-16-4-3-5-19(12-16)32(27,28)25-15-18(31-21-7-6-17(24)13-20(21)25)14-23(22(26)29-2)8-10-30-11-9-23/h3-7,12-13,18H,8-11,14-15H2,1-2H3/t18-/m0/s1. The van der Waals surface area contributed by atoms with Crippen LogP contribution in [0.3, 0.4) is 0 Å². The number of hydrogen-bond donors (Lipinski definition) is 0. The Morgan fingerprint density at radius 1 is 1.22 bits per heavy atom. The molecule has 9 heteroatoms. The van der Waals surface area contributed by atoms with Crippen molar-refractivity contribution >= 4 is 37.6 Å². The first-order chi connectivity index (χ1) is 15.2. The predicted octanol–water partition coefficient (Wildman–Crippen LogP) is 4.07. The fourth-order valence-corrected chi connectivity index (χ4v) is 6.38. The largest absolute Gasteiger partial charge is 0.486 e. The zero-order valence-electron chi connectivity index (χ0n) is 18.0. The zero-order chi connectivity index (χ0) is 22.9. The van der Waals surface area contributed by atoms with Crippen molar-refractivity contribution in [2.75, 3.05) is 31.2 Å². The molecule has 0 saturated carbocycles. The molecule has 2 aliphatic heterocycles. The first kappa shape index (κ1) is 23.1. The van der Waals surface area contributed by atoms with E-state index >= 15 is 0 Å². The van der Waals surface area contributed by atoms with Crippen molar-refractivity contribution in [3.8, 4) is 5.75 Å². The Hall–Kier alpha value is -2.10. The summed E-state index contributed by atoms with van der Waals surface area (Å²) in [4.78, 5) is 12.9. The fourth-order valence-electron chi connectivity index (χ4n) is 4.43. The molecule has 1 atom stereocenters. The lowest BCUT2D eigenvalue weighted by Gasteiger charge is -2.41. The van der Waals surface area contributed by atoms with Gasteiger partial charge in [-0.1, -0.05) is 28.1 Å². The summed E-state index contributed by atoms with van der Waals surface area (Å²) in [7, 11) is -2.46. The Morgan fingerprint density at radius 2 is 1.97 bits per heavy atom. The molecule has 32 heavy (non-hydrogen) atoms. The summed E-state index contributed by atoms with van der Waals surface area (Å²) in [5.74, 6) is 0.159. The third-order valence-corrected chi connectivity index (χ3v) is 8.39. The molecule has 2 aromatic carbocycles. The molecule has 0 bridgehead atoms. The summed E-state index contributed by atoms with van der Waals surface area (Å²) in [5.41, 5.74) is 0.567. The van der Waals surface area contributed by atoms with Crippen LogP contribution in [0.4, 0.5) is 5.69 Å². The Bertz CT molecular complexity index is 1110. The molecule has 7 nitrogen and oxygen atoms in total. The van der Waals surface area contributed by atoms with Gasteiger partial charge in [-0.05, 0) is 55.7 Å². The first-order valence-corrected chi connectivity index (χ1v) is 12.7. The first-order valence-electron chi connectivity index (χ1n) is 10.5. The van der Waals surface area contributed by atoms with Crippen LogP contribution < -0.4 is 9.04 Å². The van der Waals surface area contributed by atoms with Crippen LogP contribution in [0.2, 0.25) is 0 Å². The molecule has 0 amide bonds. The van der Waals surface area contributed by atoms with E-state index in [0.29, 0.717) is 43.9 Å². The summed E-state index contributed by atoms with van der Waals surface area (Å²) in [6.45, 7) is 2.86. The number of hydrogen-bond acceptors (Lipinski definition) is 6. The normalized spacial score (nSPS) is 20.2. The number of methoxy groups -OCH3 is 1. The van der Waals surface area contributed by atoms with Crippen molar-refractivity contribution in [3.63, 3.8) is 0 Å². The van der Waals surface area contributed by atoms with Gasteiger partial charge in [-0.25, -0.2) is 8.42 Å². The van der Waals surface area contributed by atoms with Gasteiger partial charge in [0.25, 0.3) is 10.0 Å². The highest BCUT2D eigenvalue weighted by Gasteiger charge is 2.46. The maximum absolute atomic E-state index is 13.7. The molecule has 4 rings (SSSR count). The molecular formula is C23H26BrNO6S.